The van der Waals surface area contributed by atoms with Crippen LogP contribution in [0.15, 0.2) is 64.6 Å². The van der Waals surface area contributed by atoms with E-state index in [1.807, 2.05) is 54.6 Å². The van der Waals surface area contributed by atoms with Crippen molar-refractivity contribution in [1.82, 2.24) is 0 Å². The molecule has 1 heterocycles. The molecular formula is C17H16FN3. The standard InChI is InChI=1S/C17H16FN3/c1-17(18)11-20-16(19)21-15(17)14-9-5-8-13(10-14)12-6-3-2-4-7-12/h2-10H,11H2,1H3,(H2,19,20). The van der Waals surface area contributed by atoms with Gasteiger partial charge in [-0.3, -0.25) is 0 Å². The molecule has 1 aliphatic heterocycles. The van der Waals surface area contributed by atoms with Crippen LogP contribution in [0.4, 0.5) is 4.39 Å². The van der Waals surface area contributed by atoms with Crippen LogP contribution in [-0.2, 0) is 0 Å². The van der Waals surface area contributed by atoms with E-state index in [0.717, 1.165) is 16.7 Å². The maximum Gasteiger partial charge on any atom is 0.215 e. The molecule has 0 bridgehead atoms. The molecule has 1 atom stereocenters. The molecule has 106 valence electrons. The zero-order chi connectivity index (χ0) is 14.9. The highest BCUT2D eigenvalue weighted by atomic mass is 19.1. The number of rotatable bonds is 2. The third-order valence-electron chi connectivity index (χ3n) is 3.50. The summed E-state index contributed by atoms with van der Waals surface area (Å²) < 4.78 is 14.6. The molecule has 1 unspecified atom stereocenters. The Morgan fingerprint density at radius 3 is 2.43 bits per heavy atom. The SMILES string of the molecule is CC1(F)CN=C(N)N=C1c1cccc(-c2ccccc2)c1. The summed E-state index contributed by atoms with van der Waals surface area (Å²) in [5, 5.41) is 0. The summed E-state index contributed by atoms with van der Waals surface area (Å²) in [7, 11) is 0. The van der Waals surface area contributed by atoms with Crippen molar-refractivity contribution in [3.63, 3.8) is 0 Å². The Morgan fingerprint density at radius 1 is 1.00 bits per heavy atom. The lowest BCUT2D eigenvalue weighted by molar-refractivity contribution is 0.293. The molecule has 0 amide bonds. The van der Waals surface area contributed by atoms with Crippen LogP contribution in [0.3, 0.4) is 0 Å². The summed E-state index contributed by atoms with van der Waals surface area (Å²) >= 11 is 0. The number of aliphatic imine (C=N–C) groups is 2. The Balaban J connectivity index is 2.06. The average molecular weight is 281 g/mol. The molecule has 4 heteroatoms. The topological polar surface area (TPSA) is 50.7 Å². The second-order valence-electron chi connectivity index (χ2n) is 5.28. The van der Waals surface area contributed by atoms with Crippen LogP contribution in [0.2, 0.25) is 0 Å². The molecule has 0 fully saturated rings. The molecule has 3 rings (SSSR count). The smallest absolute Gasteiger partial charge is 0.215 e. The van der Waals surface area contributed by atoms with E-state index in [1.54, 1.807) is 0 Å². The number of nitrogens with two attached hydrogens (primary N) is 1. The van der Waals surface area contributed by atoms with Gasteiger partial charge in [-0.1, -0.05) is 48.5 Å². The first-order valence-electron chi connectivity index (χ1n) is 6.80. The molecule has 0 aliphatic carbocycles. The average Bonchev–Trinajstić information content (AvgIpc) is 2.51. The van der Waals surface area contributed by atoms with Gasteiger partial charge in [0, 0.05) is 5.56 Å². The van der Waals surface area contributed by atoms with E-state index in [9.17, 15) is 4.39 Å². The van der Waals surface area contributed by atoms with E-state index < -0.39 is 5.67 Å². The maximum atomic E-state index is 14.6. The summed E-state index contributed by atoms with van der Waals surface area (Å²) in [5.41, 5.74) is 7.21. The first-order valence-corrected chi connectivity index (χ1v) is 6.80. The van der Waals surface area contributed by atoms with Gasteiger partial charge in [0.1, 0.15) is 0 Å². The molecule has 1 aliphatic rings. The predicted octanol–water partition coefficient (Wildman–Crippen LogP) is 3.20. The van der Waals surface area contributed by atoms with Gasteiger partial charge < -0.3 is 5.73 Å². The van der Waals surface area contributed by atoms with E-state index in [0.29, 0.717) is 5.71 Å². The Bertz CT molecular complexity index is 718. The third-order valence-corrected chi connectivity index (χ3v) is 3.50. The van der Waals surface area contributed by atoms with Crippen molar-refractivity contribution >= 4 is 11.7 Å². The molecule has 2 aromatic rings. The molecule has 2 N–H and O–H groups in total. The summed E-state index contributed by atoms with van der Waals surface area (Å²) in [6, 6.07) is 17.6. The molecule has 0 saturated carbocycles. The predicted molar refractivity (Wildman–Crippen MR) is 84.4 cm³/mol. The van der Waals surface area contributed by atoms with Gasteiger partial charge in [-0.15, -0.1) is 0 Å². The van der Waals surface area contributed by atoms with Crippen molar-refractivity contribution in [1.29, 1.82) is 0 Å². The molecule has 0 saturated heterocycles. The fourth-order valence-electron chi connectivity index (χ4n) is 2.41. The summed E-state index contributed by atoms with van der Waals surface area (Å²) in [6.45, 7) is 1.49. The third kappa shape index (κ3) is 2.70. The fraction of sp³-hybridized carbons (Fsp3) is 0.176. The lowest BCUT2D eigenvalue weighted by atomic mass is 9.92. The Kier molecular flexibility index (Phi) is 3.29. The molecular weight excluding hydrogens is 265 g/mol. The monoisotopic (exact) mass is 281 g/mol. The molecule has 2 aromatic carbocycles. The van der Waals surface area contributed by atoms with Crippen molar-refractivity contribution in [2.75, 3.05) is 6.54 Å². The second-order valence-corrected chi connectivity index (χ2v) is 5.28. The first-order chi connectivity index (χ1) is 10.1. The number of benzene rings is 2. The van der Waals surface area contributed by atoms with Crippen molar-refractivity contribution in [2.45, 2.75) is 12.6 Å². The van der Waals surface area contributed by atoms with Crippen LogP contribution in [0.5, 0.6) is 0 Å². The highest BCUT2D eigenvalue weighted by Gasteiger charge is 2.34. The molecule has 21 heavy (non-hydrogen) atoms. The Morgan fingerprint density at radius 2 is 1.67 bits per heavy atom. The van der Waals surface area contributed by atoms with Crippen molar-refractivity contribution in [3.8, 4) is 11.1 Å². The van der Waals surface area contributed by atoms with Gasteiger partial charge in [0.25, 0.3) is 0 Å². The van der Waals surface area contributed by atoms with Crippen LogP contribution in [-0.4, -0.2) is 23.9 Å². The number of guanidine groups is 1. The number of alkyl halides is 1. The van der Waals surface area contributed by atoms with E-state index in [2.05, 4.69) is 9.98 Å². The minimum atomic E-state index is -1.60. The van der Waals surface area contributed by atoms with Gasteiger partial charge in [0.15, 0.2) is 5.67 Å². The second kappa shape index (κ2) is 5.13. The lowest BCUT2D eigenvalue weighted by Gasteiger charge is -2.24. The normalized spacial score (nSPS) is 21.6. The minimum absolute atomic E-state index is 0.00717. The molecule has 3 nitrogen and oxygen atoms in total. The van der Waals surface area contributed by atoms with Gasteiger partial charge in [-0.25, -0.2) is 14.4 Å². The number of hydrogen-bond acceptors (Lipinski definition) is 3. The van der Waals surface area contributed by atoms with Crippen LogP contribution >= 0.6 is 0 Å². The summed E-state index contributed by atoms with van der Waals surface area (Å²) in [6.07, 6.45) is 0. The zero-order valence-electron chi connectivity index (χ0n) is 11.8. The largest absolute Gasteiger partial charge is 0.368 e. The van der Waals surface area contributed by atoms with E-state index in [4.69, 9.17) is 5.73 Å². The van der Waals surface area contributed by atoms with E-state index >= 15 is 0 Å². The van der Waals surface area contributed by atoms with Crippen molar-refractivity contribution < 1.29 is 4.39 Å². The fourth-order valence-corrected chi connectivity index (χ4v) is 2.41. The van der Waals surface area contributed by atoms with Gasteiger partial charge in [0.2, 0.25) is 5.96 Å². The van der Waals surface area contributed by atoms with Crippen molar-refractivity contribution in [3.05, 3.63) is 60.2 Å². The minimum Gasteiger partial charge on any atom is -0.368 e. The van der Waals surface area contributed by atoms with Crippen molar-refractivity contribution in [2.24, 2.45) is 15.7 Å². The highest BCUT2D eigenvalue weighted by molar-refractivity contribution is 6.13. The van der Waals surface area contributed by atoms with Crippen LogP contribution in [0.1, 0.15) is 12.5 Å². The zero-order valence-corrected chi connectivity index (χ0v) is 11.8. The molecule has 0 aromatic heterocycles. The summed E-state index contributed by atoms with van der Waals surface area (Å²) in [4.78, 5) is 7.98. The van der Waals surface area contributed by atoms with Crippen LogP contribution < -0.4 is 5.73 Å². The number of halogens is 1. The molecule has 0 spiro atoms. The number of nitrogens with zero attached hydrogens (tertiary/aromatic N) is 2. The molecule has 0 radical (unpaired) electrons. The number of hydrogen-bond donors (Lipinski definition) is 1. The lowest BCUT2D eigenvalue weighted by Crippen LogP contribution is -2.39. The quantitative estimate of drug-likeness (QED) is 0.903. The maximum absolute atomic E-state index is 14.6. The van der Waals surface area contributed by atoms with Crippen LogP contribution in [0, 0.1) is 0 Å². The van der Waals surface area contributed by atoms with E-state index in [1.165, 1.54) is 6.92 Å². The van der Waals surface area contributed by atoms with Gasteiger partial charge >= 0.3 is 0 Å². The van der Waals surface area contributed by atoms with Crippen LogP contribution in [0.25, 0.3) is 11.1 Å². The van der Waals surface area contributed by atoms with Gasteiger partial charge in [-0.05, 0) is 24.1 Å². The van der Waals surface area contributed by atoms with Gasteiger partial charge in [-0.2, -0.15) is 0 Å². The Labute approximate surface area is 123 Å². The Hall–Kier alpha value is -2.49. The van der Waals surface area contributed by atoms with E-state index in [-0.39, 0.29) is 12.5 Å². The highest BCUT2D eigenvalue weighted by Crippen LogP contribution is 2.26. The summed E-state index contributed by atoms with van der Waals surface area (Å²) in [5.74, 6) is 0.130. The van der Waals surface area contributed by atoms with Gasteiger partial charge in [0.05, 0.1) is 12.3 Å². The first kappa shape index (κ1) is 13.5.